The minimum absolute atomic E-state index is 0.00852. The van der Waals surface area contributed by atoms with Gasteiger partial charge in [0.1, 0.15) is 0 Å². The first kappa shape index (κ1) is 19.1. The third-order valence-corrected chi connectivity index (χ3v) is 4.97. The first-order chi connectivity index (χ1) is 13.0. The van der Waals surface area contributed by atoms with Crippen LogP contribution in [0.2, 0.25) is 0 Å². The van der Waals surface area contributed by atoms with E-state index in [1.54, 1.807) is 4.90 Å². The number of aromatic nitrogens is 2. The van der Waals surface area contributed by atoms with Crippen molar-refractivity contribution in [2.24, 2.45) is 11.7 Å². The summed E-state index contributed by atoms with van der Waals surface area (Å²) in [6, 6.07) is 9.85. The van der Waals surface area contributed by atoms with Crippen LogP contribution in [0.15, 0.2) is 42.7 Å². The number of hydrogen-bond donors (Lipinski definition) is 2. The van der Waals surface area contributed by atoms with E-state index in [9.17, 15) is 9.59 Å². The van der Waals surface area contributed by atoms with E-state index in [-0.39, 0.29) is 23.8 Å². The van der Waals surface area contributed by atoms with Crippen molar-refractivity contribution in [2.45, 2.75) is 32.2 Å². The van der Waals surface area contributed by atoms with Crippen LogP contribution in [0.4, 0.5) is 0 Å². The molecule has 0 radical (unpaired) electrons. The lowest BCUT2D eigenvalue weighted by atomic mass is 10.0. The number of carbonyl (C=O) groups is 2. The standard InChI is InChI=1S/C20H27N5O2/c1-15(26)24-13-17(7-8-18(21)14-24)20(27)22-10-9-16-11-23-25(12-16)19-5-3-2-4-6-19/h2-6,11-12,17-18H,7-10,13-14,21H2,1H3,(H,22,27)/t17-,18+/m1/s1. The van der Waals surface area contributed by atoms with Crippen molar-refractivity contribution in [2.75, 3.05) is 19.6 Å². The van der Waals surface area contributed by atoms with E-state index in [1.807, 2.05) is 47.4 Å². The van der Waals surface area contributed by atoms with Crippen LogP contribution in [0.5, 0.6) is 0 Å². The summed E-state index contributed by atoms with van der Waals surface area (Å²) in [5.74, 6) is -0.237. The third-order valence-electron chi connectivity index (χ3n) is 4.97. The van der Waals surface area contributed by atoms with Gasteiger partial charge in [0.05, 0.1) is 17.8 Å². The molecule has 2 aromatic rings. The fraction of sp³-hybridized carbons (Fsp3) is 0.450. The van der Waals surface area contributed by atoms with Crippen LogP contribution in [0, 0.1) is 5.92 Å². The molecule has 3 N–H and O–H groups in total. The first-order valence-electron chi connectivity index (χ1n) is 9.40. The van der Waals surface area contributed by atoms with Crippen molar-refractivity contribution in [3.05, 3.63) is 48.3 Å². The Hall–Kier alpha value is -2.67. The van der Waals surface area contributed by atoms with Gasteiger partial charge in [0.15, 0.2) is 0 Å². The molecule has 1 saturated heterocycles. The Labute approximate surface area is 159 Å². The molecule has 2 heterocycles. The lowest BCUT2D eigenvalue weighted by Gasteiger charge is -2.23. The quantitative estimate of drug-likeness (QED) is 0.826. The van der Waals surface area contributed by atoms with Crippen LogP contribution in [0.3, 0.4) is 0 Å². The highest BCUT2D eigenvalue weighted by Crippen LogP contribution is 2.16. The molecule has 7 heteroatoms. The topological polar surface area (TPSA) is 93.2 Å². The summed E-state index contributed by atoms with van der Waals surface area (Å²) in [7, 11) is 0. The highest BCUT2D eigenvalue weighted by atomic mass is 16.2. The first-order valence-corrected chi connectivity index (χ1v) is 9.40. The molecule has 3 rings (SSSR count). The lowest BCUT2D eigenvalue weighted by molar-refractivity contribution is -0.131. The van der Waals surface area contributed by atoms with Crippen LogP contribution < -0.4 is 11.1 Å². The van der Waals surface area contributed by atoms with Gasteiger partial charge in [-0.25, -0.2) is 4.68 Å². The number of nitrogens with zero attached hydrogens (tertiary/aromatic N) is 3. The predicted octanol–water partition coefficient (Wildman–Crippen LogP) is 1.12. The molecule has 0 unspecified atom stereocenters. The van der Waals surface area contributed by atoms with Crippen molar-refractivity contribution in [1.82, 2.24) is 20.0 Å². The number of nitrogens with one attached hydrogen (secondary N) is 1. The zero-order valence-electron chi connectivity index (χ0n) is 15.7. The van der Waals surface area contributed by atoms with Gasteiger partial charge in [0.2, 0.25) is 11.8 Å². The molecule has 1 aliphatic rings. The Kier molecular flexibility index (Phi) is 6.24. The molecule has 1 fully saturated rings. The van der Waals surface area contributed by atoms with Crippen molar-refractivity contribution in [3.63, 3.8) is 0 Å². The van der Waals surface area contributed by atoms with Gasteiger partial charge in [-0.2, -0.15) is 5.10 Å². The van der Waals surface area contributed by atoms with E-state index in [0.717, 1.165) is 17.7 Å². The summed E-state index contributed by atoms with van der Waals surface area (Å²) in [5, 5.41) is 7.37. The van der Waals surface area contributed by atoms with Crippen molar-refractivity contribution >= 4 is 11.8 Å². The second kappa shape index (κ2) is 8.81. The fourth-order valence-corrected chi connectivity index (χ4v) is 3.38. The Bertz CT molecular complexity index is 774. The zero-order chi connectivity index (χ0) is 19.2. The number of amides is 2. The lowest BCUT2D eigenvalue weighted by Crippen LogP contribution is -2.42. The number of benzene rings is 1. The maximum absolute atomic E-state index is 12.5. The monoisotopic (exact) mass is 369 g/mol. The molecule has 1 aliphatic heterocycles. The van der Waals surface area contributed by atoms with Gasteiger partial charge in [-0.1, -0.05) is 18.2 Å². The molecule has 27 heavy (non-hydrogen) atoms. The number of carbonyl (C=O) groups excluding carboxylic acids is 2. The smallest absolute Gasteiger partial charge is 0.224 e. The van der Waals surface area contributed by atoms with Crippen LogP contribution in [-0.4, -0.2) is 52.2 Å². The maximum atomic E-state index is 12.5. The van der Waals surface area contributed by atoms with E-state index in [4.69, 9.17) is 5.73 Å². The minimum atomic E-state index is -0.200. The summed E-state index contributed by atoms with van der Waals surface area (Å²) in [4.78, 5) is 25.9. The van der Waals surface area contributed by atoms with Crippen LogP contribution in [-0.2, 0) is 16.0 Å². The second-order valence-corrected chi connectivity index (χ2v) is 7.13. The Morgan fingerprint density at radius 3 is 2.74 bits per heavy atom. The van der Waals surface area contributed by atoms with Crippen molar-refractivity contribution in [1.29, 1.82) is 0 Å². The van der Waals surface area contributed by atoms with E-state index in [0.29, 0.717) is 32.5 Å². The van der Waals surface area contributed by atoms with Crippen LogP contribution in [0.1, 0.15) is 25.3 Å². The molecule has 144 valence electrons. The molecule has 0 saturated carbocycles. The molecule has 1 aromatic carbocycles. The molecule has 1 aromatic heterocycles. The molecule has 2 atom stereocenters. The largest absolute Gasteiger partial charge is 0.355 e. The number of likely N-dealkylation sites (tertiary alicyclic amines) is 1. The molecular formula is C20H27N5O2. The van der Waals surface area contributed by atoms with Crippen molar-refractivity contribution < 1.29 is 9.59 Å². The summed E-state index contributed by atoms with van der Waals surface area (Å²) in [6.07, 6.45) is 5.97. The minimum Gasteiger partial charge on any atom is -0.355 e. The normalized spacial score (nSPS) is 20.1. The zero-order valence-corrected chi connectivity index (χ0v) is 15.7. The third kappa shape index (κ3) is 5.17. The highest BCUT2D eigenvalue weighted by molar-refractivity contribution is 5.80. The van der Waals surface area contributed by atoms with Crippen molar-refractivity contribution in [3.8, 4) is 5.69 Å². The summed E-state index contributed by atoms with van der Waals surface area (Å²) in [5.41, 5.74) is 8.09. The maximum Gasteiger partial charge on any atom is 0.224 e. The molecule has 7 nitrogen and oxygen atoms in total. The molecule has 0 aliphatic carbocycles. The number of rotatable bonds is 5. The molecule has 0 bridgehead atoms. The average Bonchev–Trinajstić information content (AvgIpc) is 3.04. The SMILES string of the molecule is CC(=O)N1C[C@@H](N)CC[C@@H](C(=O)NCCc2cnn(-c3ccccc3)c2)C1. The van der Waals surface area contributed by atoms with Gasteiger partial charge in [-0.05, 0) is 37.0 Å². The predicted molar refractivity (Wildman–Crippen MR) is 103 cm³/mol. The Balaban J connectivity index is 1.50. The van der Waals surface area contributed by atoms with Gasteiger partial charge < -0.3 is 16.0 Å². The summed E-state index contributed by atoms with van der Waals surface area (Å²) < 4.78 is 1.83. The highest BCUT2D eigenvalue weighted by Gasteiger charge is 2.28. The Morgan fingerprint density at radius 2 is 2.00 bits per heavy atom. The van der Waals surface area contributed by atoms with E-state index in [1.165, 1.54) is 6.92 Å². The van der Waals surface area contributed by atoms with Crippen LogP contribution in [0.25, 0.3) is 5.69 Å². The molecule has 2 amide bonds. The van der Waals surface area contributed by atoms with Gasteiger partial charge in [0, 0.05) is 38.8 Å². The van der Waals surface area contributed by atoms with Gasteiger partial charge in [-0.15, -0.1) is 0 Å². The average molecular weight is 369 g/mol. The number of hydrogen-bond acceptors (Lipinski definition) is 4. The summed E-state index contributed by atoms with van der Waals surface area (Å²) in [6.45, 7) is 3.04. The van der Waals surface area contributed by atoms with E-state index >= 15 is 0 Å². The number of para-hydroxylation sites is 1. The van der Waals surface area contributed by atoms with E-state index < -0.39 is 0 Å². The second-order valence-electron chi connectivity index (χ2n) is 7.13. The van der Waals surface area contributed by atoms with Gasteiger partial charge >= 0.3 is 0 Å². The van der Waals surface area contributed by atoms with E-state index in [2.05, 4.69) is 10.4 Å². The Morgan fingerprint density at radius 1 is 1.22 bits per heavy atom. The van der Waals surface area contributed by atoms with Gasteiger partial charge in [0.25, 0.3) is 0 Å². The summed E-state index contributed by atoms with van der Waals surface area (Å²) >= 11 is 0. The molecule has 0 spiro atoms. The fourth-order valence-electron chi connectivity index (χ4n) is 3.38. The van der Waals surface area contributed by atoms with Crippen LogP contribution >= 0.6 is 0 Å². The number of nitrogens with two attached hydrogens (primary N) is 1. The molecular weight excluding hydrogens is 342 g/mol. The van der Waals surface area contributed by atoms with Gasteiger partial charge in [-0.3, -0.25) is 9.59 Å².